The molecule has 0 bridgehead atoms. The van der Waals surface area contributed by atoms with Crippen LogP contribution in [-0.2, 0) is 23.7 Å². The first-order valence-electron chi connectivity index (χ1n) is 15.8. The Hall–Kier alpha value is -3.92. The van der Waals surface area contributed by atoms with Gasteiger partial charge in [-0.05, 0) is 172 Å². The van der Waals surface area contributed by atoms with Crippen LogP contribution in [0.5, 0.6) is 23.0 Å². The minimum atomic E-state index is -0.148. The van der Waals surface area contributed by atoms with E-state index in [1.807, 2.05) is 55.4 Å². The number of benzene rings is 4. The second-order valence-corrected chi connectivity index (χ2v) is 14.0. The van der Waals surface area contributed by atoms with Gasteiger partial charge >= 0.3 is 0 Å². The van der Waals surface area contributed by atoms with E-state index in [4.69, 9.17) is 0 Å². The Bertz CT molecular complexity index is 1520. The molecule has 1 fully saturated rings. The Kier molecular flexibility index (Phi) is 8.26. The molecule has 5 rings (SSSR count). The van der Waals surface area contributed by atoms with E-state index in [0.29, 0.717) is 23.0 Å². The van der Waals surface area contributed by atoms with Crippen molar-refractivity contribution in [3.8, 4) is 23.0 Å². The summed E-state index contributed by atoms with van der Waals surface area (Å²) in [6.45, 7) is 15.8. The van der Waals surface area contributed by atoms with Crippen LogP contribution in [0.3, 0.4) is 0 Å². The maximum Gasteiger partial charge on any atom is 0.121 e. The zero-order chi connectivity index (χ0) is 32.1. The molecule has 1 saturated carbocycles. The SMILES string of the molecule is Cc1cc(CC2(c3cc(C)c(O)c(C)c3)CCC(Cc3cc(C)c(O)c(C)c3)(c3cc(C)c(O)c(C)c3)CC2)cc(C)c1O. The lowest BCUT2D eigenvalue weighted by Gasteiger charge is -2.48. The molecule has 4 N–H and O–H groups in total. The van der Waals surface area contributed by atoms with E-state index in [1.54, 1.807) is 0 Å². The third-order valence-electron chi connectivity index (χ3n) is 10.6. The second kappa shape index (κ2) is 11.5. The average Bonchev–Trinajstić information content (AvgIpc) is 2.96. The number of phenols is 4. The maximum absolute atomic E-state index is 10.7. The first kappa shape index (κ1) is 31.5. The van der Waals surface area contributed by atoms with Crippen LogP contribution < -0.4 is 0 Å². The van der Waals surface area contributed by atoms with Gasteiger partial charge in [0.1, 0.15) is 23.0 Å². The van der Waals surface area contributed by atoms with Gasteiger partial charge in [-0.2, -0.15) is 0 Å². The van der Waals surface area contributed by atoms with Gasteiger partial charge in [-0.1, -0.05) is 48.5 Å². The predicted molar refractivity (Wildman–Crippen MR) is 180 cm³/mol. The highest BCUT2D eigenvalue weighted by molar-refractivity contribution is 5.50. The molecular weight excluding hydrogens is 544 g/mol. The van der Waals surface area contributed by atoms with E-state index in [-0.39, 0.29) is 10.8 Å². The average molecular weight is 593 g/mol. The summed E-state index contributed by atoms with van der Waals surface area (Å²) in [7, 11) is 0. The van der Waals surface area contributed by atoms with Gasteiger partial charge in [0.25, 0.3) is 0 Å². The standard InChI is InChI=1S/C40H48O4/c1-23-13-31(14-24(2)35(23)41)21-39(33-17-27(5)37(43)28(6)18-33)9-11-40(12-10-39,34-19-29(7)38(44)30(8)20-34)22-32-15-25(3)36(42)26(4)16-32/h13-20,41-44H,9-12,21-22H2,1-8H3. The van der Waals surface area contributed by atoms with Crippen LogP contribution >= 0.6 is 0 Å². The van der Waals surface area contributed by atoms with Crippen molar-refractivity contribution in [1.82, 2.24) is 0 Å². The molecule has 0 aliphatic heterocycles. The molecule has 0 spiro atoms. The lowest BCUT2D eigenvalue weighted by molar-refractivity contribution is 0.191. The van der Waals surface area contributed by atoms with Gasteiger partial charge in [0.15, 0.2) is 0 Å². The van der Waals surface area contributed by atoms with Crippen LogP contribution in [0.1, 0.15) is 92.4 Å². The third-order valence-corrected chi connectivity index (χ3v) is 10.6. The van der Waals surface area contributed by atoms with Gasteiger partial charge in [0.05, 0.1) is 0 Å². The predicted octanol–water partition coefficient (Wildman–Crippen LogP) is 9.21. The first-order chi connectivity index (χ1) is 20.6. The van der Waals surface area contributed by atoms with Crippen LogP contribution in [-0.4, -0.2) is 20.4 Å². The topological polar surface area (TPSA) is 80.9 Å². The van der Waals surface area contributed by atoms with Crippen molar-refractivity contribution >= 4 is 0 Å². The lowest BCUT2D eigenvalue weighted by Crippen LogP contribution is -2.42. The molecule has 0 radical (unpaired) electrons. The molecule has 4 aromatic rings. The van der Waals surface area contributed by atoms with Crippen LogP contribution in [0.2, 0.25) is 0 Å². The summed E-state index contributed by atoms with van der Waals surface area (Å²) < 4.78 is 0. The Morgan fingerprint density at radius 3 is 0.818 bits per heavy atom. The molecule has 0 aromatic heterocycles. The number of aromatic hydroxyl groups is 4. The van der Waals surface area contributed by atoms with E-state index in [0.717, 1.165) is 83.0 Å². The smallest absolute Gasteiger partial charge is 0.121 e. The summed E-state index contributed by atoms with van der Waals surface area (Å²) in [6, 6.07) is 17.2. The van der Waals surface area contributed by atoms with Crippen LogP contribution in [0.25, 0.3) is 0 Å². The monoisotopic (exact) mass is 592 g/mol. The summed E-state index contributed by atoms with van der Waals surface area (Å²) in [5.41, 5.74) is 11.8. The van der Waals surface area contributed by atoms with E-state index in [1.165, 1.54) is 22.3 Å². The van der Waals surface area contributed by atoms with Crippen molar-refractivity contribution in [1.29, 1.82) is 0 Å². The summed E-state index contributed by atoms with van der Waals surface area (Å²) in [5.74, 6) is 1.44. The van der Waals surface area contributed by atoms with Crippen LogP contribution in [0, 0.1) is 55.4 Å². The van der Waals surface area contributed by atoms with E-state index in [2.05, 4.69) is 48.5 Å². The van der Waals surface area contributed by atoms with E-state index < -0.39 is 0 Å². The van der Waals surface area contributed by atoms with Crippen molar-refractivity contribution in [3.63, 3.8) is 0 Å². The first-order valence-corrected chi connectivity index (χ1v) is 15.8. The van der Waals surface area contributed by atoms with Crippen molar-refractivity contribution < 1.29 is 20.4 Å². The Balaban J connectivity index is 1.63. The Morgan fingerprint density at radius 2 is 0.591 bits per heavy atom. The highest BCUT2D eigenvalue weighted by Crippen LogP contribution is 2.53. The normalized spacial score (nSPS) is 20.2. The molecule has 0 atom stereocenters. The van der Waals surface area contributed by atoms with Gasteiger partial charge in [-0.3, -0.25) is 0 Å². The zero-order valence-corrected chi connectivity index (χ0v) is 27.7. The van der Waals surface area contributed by atoms with Gasteiger partial charge in [0.2, 0.25) is 0 Å². The maximum atomic E-state index is 10.7. The van der Waals surface area contributed by atoms with Crippen LogP contribution in [0.4, 0.5) is 0 Å². The molecule has 0 saturated heterocycles. The fraction of sp³-hybridized carbons (Fsp3) is 0.400. The number of aryl methyl sites for hydroxylation is 8. The summed E-state index contributed by atoms with van der Waals surface area (Å²) >= 11 is 0. The summed E-state index contributed by atoms with van der Waals surface area (Å²) in [5, 5.41) is 42.4. The third kappa shape index (κ3) is 5.67. The number of hydrogen-bond donors (Lipinski definition) is 4. The number of phenolic OH excluding ortho intramolecular Hbond substituents is 4. The van der Waals surface area contributed by atoms with Crippen molar-refractivity contribution in [2.24, 2.45) is 0 Å². The molecule has 1 aliphatic rings. The molecule has 0 amide bonds. The minimum Gasteiger partial charge on any atom is -0.507 e. The number of rotatable bonds is 6. The van der Waals surface area contributed by atoms with E-state index in [9.17, 15) is 20.4 Å². The molecule has 0 heterocycles. The van der Waals surface area contributed by atoms with Crippen molar-refractivity contribution in [2.75, 3.05) is 0 Å². The second-order valence-electron chi connectivity index (χ2n) is 14.0. The Morgan fingerprint density at radius 1 is 0.386 bits per heavy atom. The summed E-state index contributed by atoms with van der Waals surface area (Å²) in [6.07, 6.45) is 5.49. The van der Waals surface area contributed by atoms with E-state index >= 15 is 0 Å². The minimum absolute atomic E-state index is 0.148. The van der Waals surface area contributed by atoms with Gasteiger partial charge < -0.3 is 20.4 Å². The molecule has 4 nitrogen and oxygen atoms in total. The molecular formula is C40H48O4. The van der Waals surface area contributed by atoms with Gasteiger partial charge in [0, 0.05) is 0 Å². The summed E-state index contributed by atoms with van der Waals surface area (Å²) in [4.78, 5) is 0. The lowest BCUT2D eigenvalue weighted by atomic mass is 9.56. The highest BCUT2D eigenvalue weighted by Gasteiger charge is 2.45. The molecule has 0 unspecified atom stereocenters. The molecule has 4 heteroatoms. The van der Waals surface area contributed by atoms with Crippen LogP contribution in [0.15, 0.2) is 48.5 Å². The molecule has 1 aliphatic carbocycles. The number of hydrogen-bond acceptors (Lipinski definition) is 4. The fourth-order valence-corrected chi connectivity index (χ4v) is 7.94. The quantitative estimate of drug-likeness (QED) is 0.180. The molecule has 4 aromatic carbocycles. The highest BCUT2D eigenvalue weighted by atomic mass is 16.3. The Labute approximate surface area is 263 Å². The van der Waals surface area contributed by atoms with Gasteiger partial charge in [-0.25, -0.2) is 0 Å². The molecule has 44 heavy (non-hydrogen) atoms. The zero-order valence-electron chi connectivity index (χ0n) is 27.7. The largest absolute Gasteiger partial charge is 0.507 e. The van der Waals surface area contributed by atoms with Crippen molar-refractivity contribution in [3.05, 3.63) is 115 Å². The molecule has 232 valence electrons. The van der Waals surface area contributed by atoms with Gasteiger partial charge in [-0.15, -0.1) is 0 Å². The fourth-order valence-electron chi connectivity index (χ4n) is 7.94. The van der Waals surface area contributed by atoms with Crippen molar-refractivity contribution in [2.45, 2.75) is 105 Å².